The van der Waals surface area contributed by atoms with Gasteiger partial charge in [0.25, 0.3) is 0 Å². The zero-order chi connectivity index (χ0) is 21.5. The second kappa shape index (κ2) is 10.9. The summed E-state index contributed by atoms with van der Waals surface area (Å²) in [5.74, 6) is 2.35. The van der Waals surface area contributed by atoms with E-state index in [4.69, 9.17) is 9.97 Å². The number of nitrogens with one attached hydrogen (secondary N) is 3. The van der Waals surface area contributed by atoms with Gasteiger partial charge in [-0.3, -0.25) is 4.98 Å². The normalized spacial score (nSPS) is 21.1. The molecule has 2 aliphatic carbocycles. The smallest absolute Gasteiger partial charge is 0.224 e. The summed E-state index contributed by atoms with van der Waals surface area (Å²) >= 11 is 0. The van der Waals surface area contributed by atoms with Crippen molar-refractivity contribution in [2.75, 3.05) is 23.7 Å². The minimum absolute atomic E-state index is 0.170. The average molecular weight is 425 g/mol. The van der Waals surface area contributed by atoms with Crippen LogP contribution in [0.4, 0.5) is 11.8 Å². The van der Waals surface area contributed by atoms with Crippen LogP contribution in [0, 0.1) is 5.92 Å². The number of pyridine rings is 1. The third-order valence-electron chi connectivity index (χ3n) is 6.20. The molecule has 168 valence electrons. The number of anilines is 2. The van der Waals surface area contributed by atoms with E-state index in [1.54, 1.807) is 0 Å². The average Bonchev–Trinajstić information content (AvgIpc) is 3.61. The van der Waals surface area contributed by atoms with Crippen LogP contribution >= 0.6 is 0 Å². The monoisotopic (exact) mass is 424 g/mol. The highest BCUT2D eigenvalue weighted by atomic mass is 16.3. The third kappa shape index (κ3) is 6.61. The summed E-state index contributed by atoms with van der Waals surface area (Å²) in [5.41, 5.74) is 2.99. The quantitative estimate of drug-likeness (QED) is 0.406. The van der Waals surface area contributed by atoms with Crippen LogP contribution in [-0.2, 0) is 6.54 Å². The highest BCUT2D eigenvalue weighted by Crippen LogP contribution is 2.29. The zero-order valence-electron chi connectivity index (χ0n) is 18.6. The number of hydrogen-bond donors (Lipinski definition) is 4. The Balaban J connectivity index is 1.47. The van der Waals surface area contributed by atoms with Crippen molar-refractivity contribution in [1.29, 1.82) is 0 Å². The number of hydrogen-bond acceptors (Lipinski definition) is 7. The Labute approximate surface area is 185 Å². The first kappa shape index (κ1) is 22.0. The molecule has 0 bridgehead atoms. The molecule has 2 aromatic heterocycles. The van der Waals surface area contributed by atoms with Gasteiger partial charge in [0.05, 0.1) is 17.4 Å². The first-order chi connectivity index (χ1) is 15.2. The molecule has 0 spiro atoms. The number of aromatic nitrogens is 3. The van der Waals surface area contributed by atoms with Crippen LogP contribution < -0.4 is 16.0 Å². The molecule has 0 atom stereocenters. The molecule has 4 N–H and O–H groups in total. The van der Waals surface area contributed by atoms with E-state index in [1.807, 2.05) is 12.4 Å². The van der Waals surface area contributed by atoms with Crippen molar-refractivity contribution < 1.29 is 5.11 Å². The predicted octanol–water partition coefficient (Wildman–Crippen LogP) is 3.97. The Bertz CT molecular complexity index is 815. The van der Waals surface area contributed by atoms with Crippen LogP contribution in [0.3, 0.4) is 0 Å². The molecule has 0 unspecified atom stereocenters. The Kier molecular flexibility index (Phi) is 7.70. The lowest BCUT2D eigenvalue weighted by Crippen LogP contribution is -2.29. The summed E-state index contributed by atoms with van der Waals surface area (Å²) in [4.78, 5) is 14.0. The molecule has 2 aliphatic rings. The molecule has 2 aromatic rings. The molecule has 31 heavy (non-hydrogen) atoms. The van der Waals surface area contributed by atoms with E-state index in [2.05, 4.69) is 40.0 Å². The van der Waals surface area contributed by atoms with Gasteiger partial charge < -0.3 is 21.1 Å². The van der Waals surface area contributed by atoms with Crippen molar-refractivity contribution in [1.82, 2.24) is 20.3 Å². The van der Waals surface area contributed by atoms with E-state index < -0.39 is 0 Å². The Hall–Kier alpha value is -2.25. The second-order valence-electron chi connectivity index (χ2n) is 9.01. The van der Waals surface area contributed by atoms with Crippen molar-refractivity contribution >= 4 is 11.8 Å². The number of aliphatic hydroxyl groups excluding tert-OH is 1. The van der Waals surface area contributed by atoms with E-state index >= 15 is 0 Å². The maximum atomic E-state index is 9.83. The number of nitrogens with zero attached hydrogens (tertiary/aromatic N) is 3. The van der Waals surface area contributed by atoms with Gasteiger partial charge in [-0.25, -0.2) is 4.98 Å². The van der Waals surface area contributed by atoms with Crippen molar-refractivity contribution in [2.24, 2.45) is 5.92 Å². The topological polar surface area (TPSA) is 95.0 Å². The molecule has 7 heteroatoms. The molecule has 4 rings (SSSR count). The van der Waals surface area contributed by atoms with Gasteiger partial charge in [-0.05, 0) is 69.0 Å². The van der Waals surface area contributed by atoms with Gasteiger partial charge in [-0.15, -0.1) is 0 Å². The maximum absolute atomic E-state index is 9.83. The van der Waals surface area contributed by atoms with Gasteiger partial charge in [0.2, 0.25) is 5.95 Å². The SMILES string of the molecule is CCCCNc1ncc(-c2ccc(CNCC3CC3)cn2)c(NC2CCC(O)CC2)n1. The van der Waals surface area contributed by atoms with E-state index in [1.165, 1.54) is 18.4 Å². The third-order valence-corrected chi connectivity index (χ3v) is 6.20. The van der Waals surface area contributed by atoms with Crippen LogP contribution in [0.1, 0.15) is 63.9 Å². The van der Waals surface area contributed by atoms with Crippen LogP contribution in [0.5, 0.6) is 0 Å². The molecule has 2 heterocycles. The van der Waals surface area contributed by atoms with Crippen molar-refractivity contribution in [3.63, 3.8) is 0 Å². The molecule has 0 amide bonds. The largest absolute Gasteiger partial charge is 0.393 e. The Morgan fingerprint density at radius 3 is 2.58 bits per heavy atom. The minimum atomic E-state index is -0.170. The molecule has 2 fully saturated rings. The first-order valence-electron chi connectivity index (χ1n) is 11.9. The molecule has 2 saturated carbocycles. The molecule has 0 aromatic carbocycles. The standard InChI is InChI=1S/C24H36N6O/c1-2-3-12-26-24-28-16-21(23(30-24)29-19-7-9-20(31)10-8-19)22-11-6-18(15-27-22)14-25-13-17-4-5-17/h6,11,15-17,19-20,25,31H,2-5,7-10,12-14H2,1H3,(H2,26,28,29,30). The summed E-state index contributed by atoms with van der Waals surface area (Å²) < 4.78 is 0. The van der Waals surface area contributed by atoms with Crippen LogP contribution in [-0.4, -0.2) is 45.3 Å². The summed E-state index contributed by atoms with van der Waals surface area (Å²) in [6.07, 6.45) is 12.2. The van der Waals surface area contributed by atoms with Gasteiger partial charge in [0.15, 0.2) is 0 Å². The molecule has 0 radical (unpaired) electrons. The first-order valence-corrected chi connectivity index (χ1v) is 11.9. The summed E-state index contributed by atoms with van der Waals surface area (Å²) in [7, 11) is 0. The van der Waals surface area contributed by atoms with Gasteiger partial charge in [0.1, 0.15) is 5.82 Å². The van der Waals surface area contributed by atoms with Gasteiger partial charge in [-0.1, -0.05) is 19.4 Å². The summed E-state index contributed by atoms with van der Waals surface area (Å²) in [6, 6.07) is 4.51. The lowest BCUT2D eigenvalue weighted by atomic mass is 9.93. The van der Waals surface area contributed by atoms with Crippen molar-refractivity contribution in [3.05, 3.63) is 30.1 Å². The molecular formula is C24H36N6O. The van der Waals surface area contributed by atoms with Crippen LogP contribution in [0.25, 0.3) is 11.3 Å². The van der Waals surface area contributed by atoms with Gasteiger partial charge >= 0.3 is 0 Å². The molecular weight excluding hydrogens is 388 g/mol. The summed E-state index contributed by atoms with van der Waals surface area (Å²) in [5, 5.41) is 20.3. The number of unbranched alkanes of at least 4 members (excludes halogenated alkanes) is 1. The van der Waals surface area contributed by atoms with E-state index in [9.17, 15) is 5.11 Å². The number of rotatable bonds is 11. The highest BCUT2D eigenvalue weighted by molar-refractivity contribution is 5.72. The fourth-order valence-electron chi connectivity index (χ4n) is 3.99. The van der Waals surface area contributed by atoms with E-state index in [0.717, 1.165) is 81.2 Å². The van der Waals surface area contributed by atoms with Crippen molar-refractivity contribution in [2.45, 2.75) is 77.0 Å². The van der Waals surface area contributed by atoms with Crippen LogP contribution in [0.2, 0.25) is 0 Å². The highest BCUT2D eigenvalue weighted by Gasteiger charge is 2.22. The van der Waals surface area contributed by atoms with E-state index in [-0.39, 0.29) is 6.10 Å². The second-order valence-corrected chi connectivity index (χ2v) is 9.01. The number of aliphatic hydroxyl groups is 1. The maximum Gasteiger partial charge on any atom is 0.224 e. The van der Waals surface area contributed by atoms with Crippen molar-refractivity contribution in [3.8, 4) is 11.3 Å². The van der Waals surface area contributed by atoms with Gasteiger partial charge in [0, 0.05) is 31.5 Å². The predicted molar refractivity (Wildman–Crippen MR) is 125 cm³/mol. The van der Waals surface area contributed by atoms with Crippen LogP contribution in [0.15, 0.2) is 24.5 Å². The minimum Gasteiger partial charge on any atom is -0.393 e. The molecule has 0 saturated heterocycles. The van der Waals surface area contributed by atoms with Gasteiger partial charge in [-0.2, -0.15) is 4.98 Å². The fourth-order valence-corrected chi connectivity index (χ4v) is 3.99. The zero-order valence-corrected chi connectivity index (χ0v) is 18.6. The van der Waals surface area contributed by atoms with E-state index in [0.29, 0.717) is 12.0 Å². The Morgan fingerprint density at radius 2 is 1.87 bits per heavy atom. The lowest BCUT2D eigenvalue weighted by molar-refractivity contribution is 0.126. The Morgan fingerprint density at radius 1 is 1.03 bits per heavy atom. The summed E-state index contributed by atoms with van der Waals surface area (Å²) in [6.45, 7) is 5.00. The molecule has 0 aliphatic heterocycles. The molecule has 7 nitrogen and oxygen atoms in total. The fraction of sp³-hybridized carbons (Fsp3) is 0.625. The lowest BCUT2D eigenvalue weighted by Gasteiger charge is -2.27.